The first-order valence-corrected chi connectivity index (χ1v) is 8.16. The van der Waals surface area contributed by atoms with E-state index in [-0.39, 0.29) is 6.54 Å². The molecular weight excluding hydrogens is 332 g/mol. The number of nitrogens with one attached hydrogen (secondary N) is 1. The molecule has 0 fully saturated rings. The van der Waals surface area contributed by atoms with E-state index in [1.54, 1.807) is 11.4 Å². The number of hydrogen-bond donors (Lipinski definition) is 3. The average Bonchev–Trinajstić information content (AvgIpc) is 3.04. The Kier molecular flexibility index (Phi) is 4.79. The maximum atomic E-state index is 11.5. The summed E-state index contributed by atoms with van der Waals surface area (Å²) in [7, 11) is 0. The summed E-state index contributed by atoms with van der Waals surface area (Å²) < 4.78 is 0. The normalized spacial score (nSPS) is 19.8. The highest BCUT2D eigenvalue weighted by molar-refractivity contribution is 7.10. The number of fused-ring (bicyclic) bond motifs is 1. The third kappa shape index (κ3) is 3.25. The van der Waals surface area contributed by atoms with Crippen LogP contribution in [0.1, 0.15) is 28.1 Å². The average molecular weight is 348 g/mol. The summed E-state index contributed by atoms with van der Waals surface area (Å²) in [6, 6.07) is 9.77. The van der Waals surface area contributed by atoms with E-state index in [4.69, 9.17) is 4.84 Å². The predicted octanol–water partition coefficient (Wildman–Crippen LogP) is 2.63. The number of hydrogen-bond acceptors (Lipinski definition) is 5. The van der Waals surface area contributed by atoms with Gasteiger partial charge in [-0.1, -0.05) is 30.3 Å². The molecule has 126 valence electrons. The summed E-state index contributed by atoms with van der Waals surface area (Å²) in [6.07, 6.45) is -1.27. The number of benzene rings is 1. The van der Waals surface area contributed by atoms with Crippen LogP contribution >= 0.6 is 11.3 Å². The summed E-state index contributed by atoms with van der Waals surface area (Å²) in [5, 5.41) is 20.5. The molecule has 3 rings (SSSR count). The van der Waals surface area contributed by atoms with Gasteiger partial charge in [0.2, 0.25) is 0 Å². The highest BCUT2D eigenvalue weighted by atomic mass is 32.1. The van der Waals surface area contributed by atoms with Crippen molar-refractivity contribution < 1.29 is 24.6 Å². The fourth-order valence-corrected chi connectivity index (χ4v) is 3.78. The molecule has 7 nitrogen and oxygen atoms in total. The summed E-state index contributed by atoms with van der Waals surface area (Å²) in [5.74, 6) is -1.18. The number of carbonyl (C=O) groups is 2. The van der Waals surface area contributed by atoms with E-state index >= 15 is 0 Å². The van der Waals surface area contributed by atoms with Gasteiger partial charge in [-0.25, -0.2) is 9.59 Å². The van der Waals surface area contributed by atoms with E-state index in [1.165, 1.54) is 11.3 Å². The molecule has 0 saturated carbocycles. The largest absolute Gasteiger partial charge is 0.479 e. The van der Waals surface area contributed by atoms with E-state index in [2.05, 4.69) is 5.48 Å². The number of aliphatic carboxylic acids is 1. The second-order valence-electron chi connectivity index (χ2n) is 5.36. The molecule has 8 heteroatoms. The van der Waals surface area contributed by atoms with Crippen LogP contribution in [0.3, 0.4) is 0 Å². The molecule has 1 aliphatic heterocycles. The van der Waals surface area contributed by atoms with Crippen LogP contribution in [-0.2, 0) is 16.2 Å². The van der Waals surface area contributed by atoms with Crippen molar-refractivity contribution >= 4 is 23.4 Å². The minimum Gasteiger partial charge on any atom is -0.479 e. The van der Waals surface area contributed by atoms with Crippen molar-refractivity contribution in [2.75, 3.05) is 6.54 Å². The Labute approximate surface area is 142 Å². The number of nitrogens with zero attached hydrogens (tertiary/aromatic N) is 1. The molecule has 0 bridgehead atoms. The standard InChI is InChI=1S/C16H16N2O5S/c19-15(20)13-14-11(6-7-24-14)12(8-18(13)16(21)22)17-23-9-10-4-2-1-3-5-10/h1-7,12-13,17H,8-9H2,(H,19,20)(H,21,22). The molecule has 2 unspecified atom stereocenters. The summed E-state index contributed by atoms with van der Waals surface area (Å²) in [5.41, 5.74) is 4.60. The lowest BCUT2D eigenvalue weighted by Gasteiger charge is -2.35. The predicted molar refractivity (Wildman–Crippen MR) is 86.5 cm³/mol. The molecule has 24 heavy (non-hydrogen) atoms. The molecule has 1 aromatic heterocycles. The molecule has 1 aromatic carbocycles. The van der Waals surface area contributed by atoms with Gasteiger partial charge in [-0.2, -0.15) is 5.48 Å². The van der Waals surface area contributed by atoms with Crippen molar-refractivity contribution in [3.05, 3.63) is 57.8 Å². The van der Waals surface area contributed by atoms with Crippen molar-refractivity contribution in [1.82, 2.24) is 10.4 Å². The fraction of sp³-hybridized carbons (Fsp3) is 0.250. The van der Waals surface area contributed by atoms with Gasteiger partial charge < -0.3 is 10.2 Å². The van der Waals surface area contributed by atoms with Crippen molar-refractivity contribution in [3.8, 4) is 0 Å². The number of carboxylic acids is 1. The summed E-state index contributed by atoms with van der Waals surface area (Å²) in [6.45, 7) is 0.330. The first kappa shape index (κ1) is 16.4. The van der Waals surface area contributed by atoms with Crippen LogP contribution in [0, 0.1) is 0 Å². The van der Waals surface area contributed by atoms with E-state index in [0.29, 0.717) is 11.5 Å². The minimum absolute atomic E-state index is 0.00478. The molecule has 1 amide bonds. The highest BCUT2D eigenvalue weighted by Gasteiger charge is 2.41. The van der Waals surface area contributed by atoms with Gasteiger partial charge in [-0.15, -0.1) is 11.3 Å². The topological polar surface area (TPSA) is 99.1 Å². The van der Waals surface area contributed by atoms with E-state index in [0.717, 1.165) is 16.0 Å². The van der Waals surface area contributed by atoms with Gasteiger partial charge >= 0.3 is 12.1 Å². The Morgan fingerprint density at radius 1 is 1.25 bits per heavy atom. The van der Waals surface area contributed by atoms with Crippen molar-refractivity contribution in [2.24, 2.45) is 0 Å². The molecule has 1 aliphatic rings. The lowest BCUT2D eigenvalue weighted by atomic mass is 9.98. The SMILES string of the molecule is O=C(O)C1c2sccc2C(NOCc2ccccc2)CN1C(=O)O. The maximum Gasteiger partial charge on any atom is 0.408 e. The Balaban J connectivity index is 1.75. The van der Waals surface area contributed by atoms with Crippen LogP contribution in [0.25, 0.3) is 0 Å². The van der Waals surface area contributed by atoms with Gasteiger partial charge in [0.05, 0.1) is 12.6 Å². The van der Waals surface area contributed by atoms with Crippen molar-refractivity contribution in [1.29, 1.82) is 0 Å². The molecule has 2 aromatic rings. The molecule has 0 spiro atoms. The molecule has 0 saturated heterocycles. The first-order chi connectivity index (χ1) is 11.6. The van der Waals surface area contributed by atoms with Crippen LogP contribution in [0.15, 0.2) is 41.8 Å². The zero-order valence-electron chi connectivity index (χ0n) is 12.6. The molecule has 2 atom stereocenters. The number of rotatable bonds is 5. The zero-order chi connectivity index (χ0) is 17.1. The maximum absolute atomic E-state index is 11.5. The number of thiophene rings is 1. The zero-order valence-corrected chi connectivity index (χ0v) is 13.4. The second-order valence-corrected chi connectivity index (χ2v) is 6.31. The van der Waals surface area contributed by atoms with Crippen LogP contribution in [0.5, 0.6) is 0 Å². The number of hydroxylamine groups is 1. The van der Waals surface area contributed by atoms with E-state index in [9.17, 15) is 19.8 Å². The minimum atomic E-state index is -1.27. The quantitative estimate of drug-likeness (QED) is 0.719. The van der Waals surface area contributed by atoms with Gasteiger partial charge in [0.25, 0.3) is 0 Å². The monoisotopic (exact) mass is 348 g/mol. The van der Waals surface area contributed by atoms with E-state index in [1.807, 2.05) is 30.3 Å². The Hall–Kier alpha value is -2.42. The van der Waals surface area contributed by atoms with Crippen LogP contribution in [0.2, 0.25) is 0 Å². The van der Waals surface area contributed by atoms with Gasteiger partial charge in [-0.05, 0) is 22.6 Å². The Morgan fingerprint density at radius 3 is 2.67 bits per heavy atom. The lowest BCUT2D eigenvalue weighted by molar-refractivity contribution is -0.143. The number of carboxylic acid groups (broad SMARTS) is 2. The Bertz CT molecular complexity index is 733. The summed E-state index contributed by atoms with van der Waals surface area (Å²) in [4.78, 5) is 29.9. The first-order valence-electron chi connectivity index (χ1n) is 7.29. The van der Waals surface area contributed by atoms with Crippen LogP contribution in [0.4, 0.5) is 4.79 Å². The third-order valence-corrected chi connectivity index (χ3v) is 4.81. The molecule has 3 N–H and O–H groups in total. The Morgan fingerprint density at radius 2 is 2.00 bits per heavy atom. The lowest BCUT2D eigenvalue weighted by Crippen LogP contribution is -2.47. The van der Waals surface area contributed by atoms with Gasteiger partial charge in [-0.3, -0.25) is 9.74 Å². The smallest absolute Gasteiger partial charge is 0.408 e. The van der Waals surface area contributed by atoms with E-state index < -0.39 is 24.1 Å². The van der Waals surface area contributed by atoms with Crippen molar-refractivity contribution in [2.45, 2.75) is 18.7 Å². The van der Waals surface area contributed by atoms with Gasteiger partial charge in [0.15, 0.2) is 6.04 Å². The molecular formula is C16H16N2O5S. The second kappa shape index (κ2) is 7.00. The van der Waals surface area contributed by atoms with Gasteiger partial charge in [0.1, 0.15) is 0 Å². The molecule has 0 radical (unpaired) electrons. The van der Waals surface area contributed by atoms with Gasteiger partial charge in [0, 0.05) is 11.4 Å². The van der Waals surface area contributed by atoms with Crippen LogP contribution in [-0.4, -0.2) is 33.7 Å². The number of amides is 1. The highest BCUT2D eigenvalue weighted by Crippen LogP contribution is 2.38. The fourth-order valence-electron chi connectivity index (χ4n) is 2.72. The summed E-state index contributed by atoms with van der Waals surface area (Å²) >= 11 is 1.24. The molecule has 0 aliphatic carbocycles. The molecule has 2 heterocycles. The van der Waals surface area contributed by atoms with Crippen molar-refractivity contribution in [3.63, 3.8) is 0 Å². The third-order valence-electron chi connectivity index (χ3n) is 3.83. The van der Waals surface area contributed by atoms with Crippen LogP contribution < -0.4 is 5.48 Å².